The molecule has 3 heterocycles. The van der Waals surface area contributed by atoms with Crippen LogP contribution in [0.5, 0.6) is 5.75 Å². The Hall–Kier alpha value is -3.23. The molecule has 1 aromatic carbocycles. The minimum atomic E-state index is -0.935. The molecule has 0 saturated carbocycles. The highest BCUT2D eigenvalue weighted by atomic mass is 35.5. The number of amides is 2. The van der Waals surface area contributed by atoms with Gasteiger partial charge in [0.25, 0.3) is 11.8 Å². The summed E-state index contributed by atoms with van der Waals surface area (Å²) in [4.78, 5) is 39.3. The van der Waals surface area contributed by atoms with Crippen LogP contribution in [0.15, 0.2) is 48.8 Å². The molecule has 0 saturated heterocycles. The highest BCUT2D eigenvalue weighted by molar-refractivity contribution is 6.33. The fourth-order valence-electron chi connectivity index (χ4n) is 2.94. The van der Waals surface area contributed by atoms with Crippen LogP contribution in [-0.4, -0.2) is 46.5 Å². The lowest BCUT2D eigenvalue weighted by molar-refractivity contribution is -0.120. The molecule has 0 radical (unpaired) electrons. The number of hydrogen-bond acceptors (Lipinski definition) is 6. The first-order valence-corrected chi connectivity index (χ1v) is 9.64. The molecule has 4 rings (SSSR count). The number of nitrogens with zero attached hydrogens (tertiary/aromatic N) is 4. The number of aromatic nitrogens is 3. The van der Waals surface area contributed by atoms with Crippen molar-refractivity contribution in [3.63, 3.8) is 0 Å². The number of halogens is 2. The Kier molecular flexibility index (Phi) is 5.52. The van der Waals surface area contributed by atoms with Gasteiger partial charge in [-0.3, -0.25) is 14.5 Å². The lowest BCUT2D eigenvalue weighted by Crippen LogP contribution is -2.49. The zero-order chi connectivity index (χ0) is 21.3. The van der Waals surface area contributed by atoms with Crippen molar-refractivity contribution in [2.45, 2.75) is 6.04 Å². The molecule has 1 aliphatic heterocycles. The van der Waals surface area contributed by atoms with Gasteiger partial charge < -0.3 is 10.1 Å². The Labute approximate surface area is 181 Å². The number of carbonyl (C=O) groups is 2. The first kappa shape index (κ1) is 20.1. The predicted molar refractivity (Wildman–Crippen MR) is 112 cm³/mol. The summed E-state index contributed by atoms with van der Waals surface area (Å²) in [6, 6.07) is 9.33. The van der Waals surface area contributed by atoms with Crippen molar-refractivity contribution in [1.29, 1.82) is 0 Å². The average Bonchev–Trinajstić information content (AvgIpc) is 2.87. The van der Waals surface area contributed by atoms with Crippen molar-refractivity contribution in [2.75, 3.05) is 18.6 Å². The molecule has 8 nitrogen and oxygen atoms in total. The van der Waals surface area contributed by atoms with E-state index in [0.717, 1.165) is 0 Å². The van der Waals surface area contributed by atoms with Gasteiger partial charge in [0.2, 0.25) is 5.82 Å². The van der Waals surface area contributed by atoms with Crippen LogP contribution in [0.25, 0.3) is 11.3 Å². The Balaban J connectivity index is 1.56. The van der Waals surface area contributed by atoms with Crippen molar-refractivity contribution < 1.29 is 14.3 Å². The largest absolute Gasteiger partial charge is 0.487 e. The molecular weight excluding hydrogens is 429 g/mol. The van der Waals surface area contributed by atoms with Crippen LogP contribution in [0.2, 0.25) is 10.0 Å². The quantitative estimate of drug-likeness (QED) is 0.667. The summed E-state index contributed by atoms with van der Waals surface area (Å²) in [5.74, 6) is -0.284. The maximum Gasteiger partial charge on any atom is 0.289 e. The van der Waals surface area contributed by atoms with Gasteiger partial charge in [0, 0.05) is 23.8 Å². The van der Waals surface area contributed by atoms with Crippen molar-refractivity contribution in [3.05, 3.63) is 64.7 Å². The number of nitrogens with one attached hydrogen (secondary N) is 1. The predicted octanol–water partition coefficient (Wildman–Crippen LogP) is 3.00. The molecule has 3 aromatic rings. The Morgan fingerprint density at radius 1 is 1.20 bits per heavy atom. The Morgan fingerprint density at radius 2 is 1.97 bits per heavy atom. The number of pyridine rings is 1. The van der Waals surface area contributed by atoms with Gasteiger partial charge in [-0.1, -0.05) is 35.3 Å². The number of hydrogen-bond donors (Lipinski definition) is 1. The maximum absolute atomic E-state index is 12.8. The summed E-state index contributed by atoms with van der Waals surface area (Å²) in [5, 5.41) is 3.47. The molecule has 10 heteroatoms. The lowest BCUT2D eigenvalue weighted by atomic mass is 10.1. The molecule has 0 aliphatic carbocycles. The van der Waals surface area contributed by atoms with Crippen molar-refractivity contribution in [1.82, 2.24) is 20.3 Å². The van der Waals surface area contributed by atoms with E-state index in [4.69, 9.17) is 27.9 Å². The van der Waals surface area contributed by atoms with Gasteiger partial charge in [-0.25, -0.2) is 15.0 Å². The highest BCUT2D eigenvalue weighted by Gasteiger charge is 2.32. The van der Waals surface area contributed by atoms with Crippen LogP contribution in [-0.2, 0) is 4.79 Å². The van der Waals surface area contributed by atoms with E-state index in [1.54, 1.807) is 49.6 Å². The second-order valence-electron chi connectivity index (χ2n) is 6.46. The van der Waals surface area contributed by atoms with Crippen LogP contribution >= 0.6 is 23.2 Å². The summed E-state index contributed by atoms with van der Waals surface area (Å²) in [6.45, 7) is -0.0504. The minimum absolute atomic E-state index is 0.0504. The monoisotopic (exact) mass is 443 g/mol. The van der Waals surface area contributed by atoms with Gasteiger partial charge in [-0.05, 0) is 24.3 Å². The third-order valence-corrected chi connectivity index (χ3v) is 5.00. The summed E-state index contributed by atoms with van der Waals surface area (Å²) >= 11 is 12.1. The third-order valence-electron chi connectivity index (χ3n) is 4.47. The molecule has 0 fully saturated rings. The molecule has 1 N–H and O–H groups in total. The van der Waals surface area contributed by atoms with Gasteiger partial charge in [0.1, 0.15) is 12.6 Å². The van der Waals surface area contributed by atoms with Gasteiger partial charge in [-0.15, -0.1) is 0 Å². The maximum atomic E-state index is 12.8. The van der Waals surface area contributed by atoms with E-state index in [1.165, 1.54) is 11.1 Å². The number of rotatable bonds is 3. The summed E-state index contributed by atoms with van der Waals surface area (Å²) in [5.41, 5.74) is 1.06. The van der Waals surface area contributed by atoms with E-state index < -0.39 is 11.9 Å². The molecule has 1 aliphatic rings. The van der Waals surface area contributed by atoms with Crippen LogP contribution in [0.4, 0.5) is 5.82 Å². The number of carbonyl (C=O) groups excluding carboxylic acids is 2. The number of benzene rings is 1. The third kappa shape index (κ3) is 3.92. The SMILES string of the molecule is CN1C(=O)[C@@H](NC(=O)c2ncc(Cl)c(-c3ccc(Cl)cc3)n2)COc2cccnc21. The smallest absolute Gasteiger partial charge is 0.289 e. The lowest BCUT2D eigenvalue weighted by Gasteiger charge is -2.19. The molecule has 0 spiro atoms. The number of likely N-dealkylation sites (N-methyl/N-ethyl adjacent to an activating group) is 1. The number of fused-ring (bicyclic) bond motifs is 1. The second-order valence-corrected chi connectivity index (χ2v) is 7.30. The van der Waals surface area contributed by atoms with E-state index >= 15 is 0 Å². The fourth-order valence-corrected chi connectivity index (χ4v) is 3.27. The summed E-state index contributed by atoms with van der Waals surface area (Å²) < 4.78 is 5.65. The van der Waals surface area contributed by atoms with Gasteiger partial charge in [0.15, 0.2) is 11.6 Å². The highest BCUT2D eigenvalue weighted by Crippen LogP contribution is 2.28. The summed E-state index contributed by atoms with van der Waals surface area (Å²) in [7, 11) is 1.57. The molecule has 2 amide bonds. The van der Waals surface area contributed by atoms with Crippen molar-refractivity contribution in [3.8, 4) is 17.0 Å². The van der Waals surface area contributed by atoms with Crippen molar-refractivity contribution in [2.24, 2.45) is 0 Å². The Morgan fingerprint density at radius 3 is 2.73 bits per heavy atom. The topological polar surface area (TPSA) is 97.3 Å². The fraction of sp³-hybridized carbons (Fsp3) is 0.150. The first-order chi connectivity index (χ1) is 14.4. The van der Waals surface area contributed by atoms with E-state index in [2.05, 4.69) is 20.3 Å². The molecular formula is C20H15Cl2N5O3. The van der Waals surface area contributed by atoms with Gasteiger partial charge in [0.05, 0.1) is 16.9 Å². The molecule has 152 valence electrons. The first-order valence-electron chi connectivity index (χ1n) is 8.89. The molecule has 1 atom stereocenters. The van der Waals surface area contributed by atoms with Gasteiger partial charge >= 0.3 is 0 Å². The van der Waals surface area contributed by atoms with Crippen molar-refractivity contribution >= 4 is 40.8 Å². The summed E-state index contributed by atoms with van der Waals surface area (Å²) in [6.07, 6.45) is 2.90. The normalized spacial score (nSPS) is 15.8. The van der Waals surface area contributed by atoms with Crippen LogP contribution < -0.4 is 15.0 Å². The van der Waals surface area contributed by atoms with Crippen LogP contribution in [0, 0.1) is 0 Å². The van der Waals surface area contributed by atoms with Crippen LogP contribution in [0.1, 0.15) is 10.6 Å². The van der Waals surface area contributed by atoms with E-state index in [9.17, 15) is 9.59 Å². The number of ether oxygens (including phenoxy) is 1. The van der Waals surface area contributed by atoms with E-state index in [0.29, 0.717) is 27.8 Å². The molecule has 0 unspecified atom stereocenters. The minimum Gasteiger partial charge on any atom is -0.487 e. The Bertz CT molecular complexity index is 1120. The molecule has 0 bridgehead atoms. The second kappa shape index (κ2) is 8.25. The van der Waals surface area contributed by atoms with E-state index in [1.807, 2.05) is 0 Å². The zero-order valence-corrected chi connectivity index (χ0v) is 17.2. The number of anilines is 1. The van der Waals surface area contributed by atoms with E-state index in [-0.39, 0.29) is 23.4 Å². The zero-order valence-electron chi connectivity index (χ0n) is 15.7. The molecule has 30 heavy (non-hydrogen) atoms. The average molecular weight is 444 g/mol. The van der Waals surface area contributed by atoms with Crippen LogP contribution in [0.3, 0.4) is 0 Å². The standard InChI is InChI=1S/C20H15Cl2N5O3/c1-27-18-15(3-2-8-23-18)30-10-14(20(27)29)25-19(28)17-24-9-13(22)16(26-17)11-4-6-12(21)7-5-11/h2-9,14H,10H2,1H3,(H,25,28)/t14-/m0/s1. The molecule has 2 aromatic heterocycles. The van der Waals surface area contributed by atoms with Gasteiger partial charge in [-0.2, -0.15) is 0 Å².